The summed E-state index contributed by atoms with van der Waals surface area (Å²) in [6.07, 6.45) is 19.3. The number of rotatable bonds is 18. The highest BCUT2D eigenvalue weighted by Crippen LogP contribution is 2.24. The maximum Gasteiger partial charge on any atom is 0.264 e. The molecule has 0 aromatic rings. The first-order valence-electron chi connectivity index (χ1n) is 10.7. The van der Waals surface area contributed by atoms with E-state index in [-0.39, 0.29) is 0 Å². The Morgan fingerprint density at radius 2 is 1.00 bits per heavy atom. The van der Waals surface area contributed by atoms with Crippen molar-refractivity contribution in [3.05, 3.63) is 0 Å². The first-order chi connectivity index (χ1) is 12.2. The summed E-state index contributed by atoms with van der Waals surface area (Å²) in [6, 6.07) is 0. The van der Waals surface area contributed by atoms with Crippen LogP contribution in [0.3, 0.4) is 0 Å². The lowest BCUT2D eigenvalue weighted by atomic mass is 10.0. The Labute approximate surface area is 168 Å². The predicted octanol–water partition coefficient (Wildman–Crippen LogP) is 6.96. The average molecular weight is 409 g/mol. The van der Waals surface area contributed by atoms with Crippen molar-refractivity contribution in [3.8, 4) is 0 Å². The molecule has 0 heterocycles. The van der Waals surface area contributed by atoms with Gasteiger partial charge in [0.15, 0.2) is 0 Å². The molecular formula is C21H44O3S2. The van der Waals surface area contributed by atoms with Crippen molar-refractivity contribution >= 4 is 21.9 Å². The smallest absolute Gasteiger partial charge is 0.264 e. The monoisotopic (exact) mass is 408 g/mol. The molecule has 0 aromatic heterocycles. The molecule has 0 saturated heterocycles. The van der Waals surface area contributed by atoms with Crippen LogP contribution in [0, 0.1) is 0 Å². The molecule has 3 nitrogen and oxygen atoms in total. The van der Waals surface area contributed by atoms with E-state index in [1.165, 1.54) is 82.8 Å². The van der Waals surface area contributed by atoms with Crippen molar-refractivity contribution in [2.45, 2.75) is 115 Å². The van der Waals surface area contributed by atoms with Crippen molar-refractivity contribution < 1.29 is 12.6 Å². The van der Waals surface area contributed by atoms with Gasteiger partial charge in [0.05, 0.1) is 12.9 Å². The van der Waals surface area contributed by atoms with Crippen LogP contribution in [0.4, 0.5) is 0 Å². The zero-order chi connectivity index (χ0) is 19.7. The molecule has 0 unspecified atom stereocenters. The molecule has 158 valence electrons. The Hall–Kier alpha value is 0.260. The average Bonchev–Trinajstić information content (AvgIpc) is 2.51. The summed E-state index contributed by atoms with van der Waals surface area (Å²) in [4.78, 5) is 0. The highest BCUT2D eigenvalue weighted by Gasteiger charge is 2.09. The Bertz CT molecular complexity index is 400. The molecule has 0 N–H and O–H groups in total. The van der Waals surface area contributed by atoms with E-state index in [0.29, 0.717) is 11.4 Å². The van der Waals surface area contributed by atoms with Gasteiger partial charge in [-0.15, -0.1) is 0 Å². The summed E-state index contributed by atoms with van der Waals surface area (Å²) in [7, 11) is -3.25. The molecule has 0 aromatic carbocycles. The molecule has 0 rings (SSSR count). The predicted molar refractivity (Wildman–Crippen MR) is 118 cm³/mol. The third kappa shape index (κ3) is 24.3. The van der Waals surface area contributed by atoms with Crippen LogP contribution in [0.5, 0.6) is 0 Å². The van der Waals surface area contributed by atoms with Gasteiger partial charge in [-0.25, -0.2) is 0 Å². The second-order valence-corrected chi connectivity index (χ2v) is 12.0. The van der Waals surface area contributed by atoms with Crippen molar-refractivity contribution in [1.29, 1.82) is 0 Å². The fourth-order valence-corrected chi connectivity index (χ4v) is 4.30. The molecule has 0 aliphatic carbocycles. The lowest BCUT2D eigenvalue weighted by Crippen LogP contribution is -2.08. The van der Waals surface area contributed by atoms with E-state index in [0.717, 1.165) is 19.1 Å². The quantitative estimate of drug-likeness (QED) is 0.182. The third-order valence-electron chi connectivity index (χ3n) is 4.37. The zero-order valence-electron chi connectivity index (χ0n) is 17.9. The van der Waals surface area contributed by atoms with Gasteiger partial charge < -0.3 is 0 Å². The Kier molecular flexibility index (Phi) is 16.4. The molecule has 5 heteroatoms. The van der Waals surface area contributed by atoms with Gasteiger partial charge in [0.1, 0.15) is 0 Å². The minimum absolute atomic E-state index is 0.342. The highest BCUT2D eigenvalue weighted by molar-refractivity contribution is 8.00. The molecule has 0 atom stereocenters. The summed E-state index contributed by atoms with van der Waals surface area (Å²) < 4.78 is 26.8. The second kappa shape index (κ2) is 16.2. The van der Waals surface area contributed by atoms with Crippen LogP contribution in [-0.2, 0) is 14.3 Å². The highest BCUT2D eigenvalue weighted by atomic mass is 32.2. The van der Waals surface area contributed by atoms with Gasteiger partial charge in [-0.05, 0) is 18.6 Å². The van der Waals surface area contributed by atoms with Gasteiger partial charge in [0.25, 0.3) is 10.1 Å². The largest absolute Gasteiger partial charge is 0.270 e. The molecule has 0 bridgehead atoms. The fraction of sp³-hybridized carbons (Fsp3) is 1.00. The van der Waals surface area contributed by atoms with Crippen molar-refractivity contribution in [1.82, 2.24) is 0 Å². The topological polar surface area (TPSA) is 43.4 Å². The molecule has 0 aliphatic rings. The minimum atomic E-state index is -3.25. The Balaban J connectivity index is 3.09. The number of hydrogen-bond donors (Lipinski definition) is 0. The van der Waals surface area contributed by atoms with Crippen molar-refractivity contribution in [2.75, 3.05) is 18.6 Å². The molecule has 0 fully saturated rings. The van der Waals surface area contributed by atoms with Gasteiger partial charge in [-0.2, -0.15) is 20.2 Å². The van der Waals surface area contributed by atoms with E-state index in [2.05, 4.69) is 32.5 Å². The van der Waals surface area contributed by atoms with E-state index < -0.39 is 10.1 Å². The van der Waals surface area contributed by atoms with Crippen molar-refractivity contribution in [3.63, 3.8) is 0 Å². The summed E-state index contributed by atoms with van der Waals surface area (Å²) in [5.41, 5.74) is 0. The van der Waals surface area contributed by atoms with E-state index in [1.54, 1.807) is 0 Å². The second-order valence-electron chi connectivity index (χ2n) is 8.44. The number of unbranched alkanes of at least 4 members (excludes halogenated alkanes) is 13. The van der Waals surface area contributed by atoms with Crippen LogP contribution >= 0.6 is 11.8 Å². The molecule has 26 heavy (non-hydrogen) atoms. The Morgan fingerprint density at radius 3 is 1.35 bits per heavy atom. The van der Waals surface area contributed by atoms with Gasteiger partial charge >= 0.3 is 0 Å². The maximum absolute atomic E-state index is 10.8. The van der Waals surface area contributed by atoms with Crippen LogP contribution in [0.1, 0.15) is 111 Å². The Morgan fingerprint density at radius 1 is 0.654 bits per heavy atom. The molecule has 0 saturated carbocycles. The first-order valence-corrected chi connectivity index (χ1v) is 13.5. The van der Waals surface area contributed by atoms with E-state index >= 15 is 0 Å². The van der Waals surface area contributed by atoms with Crippen LogP contribution < -0.4 is 0 Å². The third-order valence-corrected chi connectivity index (χ3v) is 6.32. The van der Waals surface area contributed by atoms with E-state index in [9.17, 15) is 8.42 Å². The van der Waals surface area contributed by atoms with Gasteiger partial charge in [-0.3, -0.25) is 4.18 Å². The summed E-state index contributed by atoms with van der Waals surface area (Å²) in [5.74, 6) is 1.31. The molecule has 0 aliphatic heterocycles. The van der Waals surface area contributed by atoms with Crippen LogP contribution in [-0.4, -0.2) is 31.8 Å². The fourth-order valence-electron chi connectivity index (χ4n) is 2.91. The standard InChI is InChI=1S/C21H44O3S2/c1-21(2,3)25-20-18-16-14-12-10-8-6-5-7-9-11-13-15-17-19-24-26(4,22)23/h5-20H2,1-4H3. The van der Waals surface area contributed by atoms with Crippen LogP contribution in [0.2, 0.25) is 0 Å². The summed E-state index contributed by atoms with van der Waals surface area (Å²) in [5, 5.41) is 0. The number of hydrogen-bond acceptors (Lipinski definition) is 4. The molecule has 0 radical (unpaired) electrons. The van der Waals surface area contributed by atoms with E-state index in [1.807, 2.05) is 0 Å². The maximum atomic E-state index is 10.8. The van der Waals surface area contributed by atoms with E-state index in [4.69, 9.17) is 4.18 Å². The SMILES string of the molecule is CC(C)(C)SCCCCCCCCCCCCCCCCOS(C)(=O)=O. The van der Waals surface area contributed by atoms with Gasteiger partial charge in [0.2, 0.25) is 0 Å². The lowest BCUT2D eigenvalue weighted by Gasteiger charge is -2.17. The molecule has 0 spiro atoms. The van der Waals surface area contributed by atoms with Crippen molar-refractivity contribution in [2.24, 2.45) is 0 Å². The number of thioether (sulfide) groups is 1. The normalized spacial score (nSPS) is 12.6. The summed E-state index contributed by atoms with van der Waals surface area (Å²) >= 11 is 2.09. The van der Waals surface area contributed by atoms with Gasteiger partial charge in [-0.1, -0.05) is 97.8 Å². The van der Waals surface area contributed by atoms with Gasteiger partial charge in [0, 0.05) is 4.75 Å². The zero-order valence-corrected chi connectivity index (χ0v) is 19.5. The molecule has 0 amide bonds. The summed E-state index contributed by atoms with van der Waals surface area (Å²) in [6.45, 7) is 7.24. The minimum Gasteiger partial charge on any atom is -0.270 e. The van der Waals surface area contributed by atoms with Crippen LogP contribution in [0.25, 0.3) is 0 Å². The van der Waals surface area contributed by atoms with Crippen LogP contribution in [0.15, 0.2) is 0 Å². The molecular weight excluding hydrogens is 364 g/mol. The lowest BCUT2D eigenvalue weighted by molar-refractivity contribution is 0.309. The first kappa shape index (κ1) is 26.3.